The summed E-state index contributed by atoms with van der Waals surface area (Å²) < 4.78 is 37.7. The summed E-state index contributed by atoms with van der Waals surface area (Å²) >= 11 is 0. The highest BCUT2D eigenvalue weighted by Gasteiger charge is 2.28. The molecule has 0 saturated heterocycles. The highest BCUT2D eigenvalue weighted by atomic mass is 19.4. The highest BCUT2D eigenvalue weighted by Crippen LogP contribution is 2.23. The quantitative estimate of drug-likeness (QED) is 0.727. The van der Waals surface area contributed by atoms with Crippen LogP contribution in [0, 0.1) is 0 Å². The van der Waals surface area contributed by atoms with Crippen LogP contribution in [0.25, 0.3) is 10.9 Å². The van der Waals surface area contributed by atoms with Gasteiger partial charge in [-0.1, -0.05) is 0 Å². The van der Waals surface area contributed by atoms with E-state index in [4.69, 9.17) is 5.73 Å². The number of rotatable bonds is 1. The van der Waals surface area contributed by atoms with E-state index in [1.165, 1.54) is 6.20 Å². The van der Waals surface area contributed by atoms with Crippen molar-refractivity contribution in [2.45, 2.75) is 12.7 Å². The minimum absolute atomic E-state index is 0.543. The lowest BCUT2D eigenvalue weighted by molar-refractivity contribution is -0.139. The van der Waals surface area contributed by atoms with Gasteiger partial charge in [-0.05, 0) is 24.3 Å². The summed E-state index contributed by atoms with van der Waals surface area (Å²) in [6.45, 7) is -0.972. The van der Waals surface area contributed by atoms with Crippen LogP contribution < -0.4 is 5.73 Å². The molecule has 0 amide bonds. The SMILES string of the molecule is Nc1ccc2c(ccn2CC(F)(F)F)c1. The molecule has 0 radical (unpaired) electrons. The maximum Gasteiger partial charge on any atom is 0.406 e. The molecule has 0 atom stereocenters. The monoisotopic (exact) mass is 214 g/mol. The molecule has 15 heavy (non-hydrogen) atoms. The van der Waals surface area contributed by atoms with Crippen LogP contribution in [0.2, 0.25) is 0 Å². The first kappa shape index (κ1) is 9.89. The number of aromatic nitrogens is 1. The van der Waals surface area contributed by atoms with Crippen molar-refractivity contribution in [2.75, 3.05) is 5.73 Å². The molecule has 1 heterocycles. The van der Waals surface area contributed by atoms with E-state index in [0.29, 0.717) is 11.2 Å². The molecule has 0 saturated carbocycles. The van der Waals surface area contributed by atoms with E-state index in [0.717, 1.165) is 9.95 Å². The van der Waals surface area contributed by atoms with Crippen molar-refractivity contribution in [3.05, 3.63) is 30.5 Å². The number of halogens is 3. The van der Waals surface area contributed by atoms with Gasteiger partial charge in [-0.25, -0.2) is 0 Å². The smallest absolute Gasteiger partial charge is 0.399 e. The van der Waals surface area contributed by atoms with Crippen LogP contribution in [0.1, 0.15) is 0 Å². The summed E-state index contributed by atoms with van der Waals surface area (Å²) in [5, 5.41) is 0.722. The summed E-state index contributed by atoms with van der Waals surface area (Å²) in [7, 11) is 0. The van der Waals surface area contributed by atoms with E-state index < -0.39 is 12.7 Å². The van der Waals surface area contributed by atoms with E-state index >= 15 is 0 Å². The van der Waals surface area contributed by atoms with Crippen LogP contribution in [0.4, 0.5) is 18.9 Å². The molecule has 80 valence electrons. The number of nitrogen functional groups attached to an aromatic ring is 1. The van der Waals surface area contributed by atoms with Gasteiger partial charge in [0.25, 0.3) is 0 Å². The van der Waals surface area contributed by atoms with Crippen molar-refractivity contribution in [3.8, 4) is 0 Å². The normalized spacial score (nSPS) is 12.2. The number of alkyl halides is 3. The highest BCUT2D eigenvalue weighted by molar-refractivity contribution is 5.83. The number of benzene rings is 1. The molecule has 0 spiro atoms. The molecule has 0 aliphatic rings. The predicted molar refractivity (Wildman–Crippen MR) is 52.4 cm³/mol. The molecular weight excluding hydrogens is 205 g/mol. The van der Waals surface area contributed by atoms with Gasteiger partial charge in [0, 0.05) is 22.8 Å². The Morgan fingerprint density at radius 1 is 1.20 bits per heavy atom. The lowest BCUT2D eigenvalue weighted by Crippen LogP contribution is -2.16. The summed E-state index contributed by atoms with van der Waals surface area (Å²) in [6.07, 6.45) is -2.79. The number of hydrogen-bond donors (Lipinski definition) is 1. The van der Waals surface area contributed by atoms with Crippen LogP contribution in [0.5, 0.6) is 0 Å². The fraction of sp³-hybridized carbons (Fsp3) is 0.200. The Bertz CT molecular complexity index is 485. The van der Waals surface area contributed by atoms with Crippen molar-refractivity contribution < 1.29 is 13.2 Å². The van der Waals surface area contributed by atoms with Gasteiger partial charge in [-0.2, -0.15) is 13.2 Å². The van der Waals surface area contributed by atoms with Gasteiger partial charge in [0.2, 0.25) is 0 Å². The van der Waals surface area contributed by atoms with E-state index in [2.05, 4.69) is 0 Å². The lowest BCUT2D eigenvalue weighted by atomic mass is 10.2. The van der Waals surface area contributed by atoms with Crippen LogP contribution in [0.15, 0.2) is 30.5 Å². The van der Waals surface area contributed by atoms with E-state index in [9.17, 15) is 13.2 Å². The van der Waals surface area contributed by atoms with Crippen molar-refractivity contribution >= 4 is 16.6 Å². The minimum atomic E-state index is -4.20. The zero-order valence-electron chi connectivity index (χ0n) is 7.75. The largest absolute Gasteiger partial charge is 0.406 e. The molecule has 2 aromatic rings. The molecule has 1 aromatic carbocycles. The zero-order valence-corrected chi connectivity index (χ0v) is 7.75. The summed E-state index contributed by atoms with van der Waals surface area (Å²) in [6, 6.07) is 6.46. The number of anilines is 1. The first-order chi connectivity index (χ1) is 6.96. The Morgan fingerprint density at radius 3 is 2.60 bits per heavy atom. The van der Waals surface area contributed by atoms with E-state index in [1.54, 1.807) is 24.3 Å². The fourth-order valence-corrected chi connectivity index (χ4v) is 1.55. The Kier molecular flexibility index (Phi) is 2.10. The van der Waals surface area contributed by atoms with Gasteiger partial charge in [0.1, 0.15) is 6.54 Å². The molecule has 0 unspecified atom stereocenters. The third-order valence-electron chi connectivity index (χ3n) is 2.14. The second-order valence-electron chi connectivity index (χ2n) is 3.38. The number of nitrogens with two attached hydrogens (primary N) is 1. The number of hydrogen-bond acceptors (Lipinski definition) is 1. The molecule has 2 rings (SSSR count). The Hall–Kier alpha value is -1.65. The Labute approximate surface area is 84.1 Å². The first-order valence-electron chi connectivity index (χ1n) is 4.37. The summed E-state index contributed by atoms with van der Waals surface area (Å²) in [5.41, 5.74) is 6.62. The zero-order chi connectivity index (χ0) is 11.1. The fourth-order valence-electron chi connectivity index (χ4n) is 1.55. The van der Waals surface area contributed by atoms with Crippen molar-refractivity contribution in [1.82, 2.24) is 4.57 Å². The van der Waals surface area contributed by atoms with Gasteiger partial charge in [0.15, 0.2) is 0 Å². The van der Waals surface area contributed by atoms with Crippen LogP contribution in [0.3, 0.4) is 0 Å². The van der Waals surface area contributed by atoms with Crippen molar-refractivity contribution in [1.29, 1.82) is 0 Å². The second-order valence-corrected chi connectivity index (χ2v) is 3.38. The van der Waals surface area contributed by atoms with Crippen LogP contribution in [-0.4, -0.2) is 10.7 Å². The molecule has 0 fully saturated rings. The van der Waals surface area contributed by atoms with Gasteiger partial charge in [-0.3, -0.25) is 0 Å². The number of fused-ring (bicyclic) bond motifs is 1. The summed E-state index contributed by atoms with van der Waals surface area (Å²) in [4.78, 5) is 0. The molecule has 0 aliphatic heterocycles. The molecule has 0 bridgehead atoms. The second kappa shape index (κ2) is 3.18. The van der Waals surface area contributed by atoms with Crippen LogP contribution in [-0.2, 0) is 6.54 Å². The molecule has 1 aromatic heterocycles. The van der Waals surface area contributed by atoms with Crippen molar-refractivity contribution in [2.24, 2.45) is 0 Å². The lowest BCUT2D eigenvalue weighted by Gasteiger charge is -2.08. The average molecular weight is 214 g/mol. The Balaban J connectivity index is 2.45. The van der Waals surface area contributed by atoms with Gasteiger partial charge in [-0.15, -0.1) is 0 Å². The summed E-state index contributed by atoms with van der Waals surface area (Å²) in [5.74, 6) is 0. The standard InChI is InChI=1S/C10H9F3N2/c11-10(12,13)6-15-4-3-7-5-8(14)1-2-9(7)15/h1-5H,6,14H2. The molecule has 0 aliphatic carbocycles. The molecule has 2 nitrogen and oxygen atoms in total. The topological polar surface area (TPSA) is 30.9 Å². The number of nitrogens with zero attached hydrogens (tertiary/aromatic N) is 1. The Morgan fingerprint density at radius 2 is 1.93 bits per heavy atom. The van der Waals surface area contributed by atoms with Gasteiger partial charge >= 0.3 is 6.18 Å². The van der Waals surface area contributed by atoms with Crippen molar-refractivity contribution in [3.63, 3.8) is 0 Å². The average Bonchev–Trinajstić information content (AvgIpc) is 2.45. The van der Waals surface area contributed by atoms with Crippen LogP contribution >= 0.6 is 0 Å². The maximum absolute atomic E-state index is 12.2. The molecule has 2 N–H and O–H groups in total. The van der Waals surface area contributed by atoms with Gasteiger partial charge < -0.3 is 10.3 Å². The predicted octanol–water partition coefficient (Wildman–Crippen LogP) is 2.79. The molecular formula is C10H9F3N2. The van der Waals surface area contributed by atoms with Gasteiger partial charge in [0.05, 0.1) is 0 Å². The minimum Gasteiger partial charge on any atom is -0.399 e. The third-order valence-corrected chi connectivity index (χ3v) is 2.14. The first-order valence-corrected chi connectivity index (χ1v) is 4.37. The van der Waals surface area contributed by atoms with E-state index in [1.807, 2.05) is 0 Å². The molecule has 5 heteroatoms. The maximum atomic E-state index is 12.2. The van der Waals surface area contributed by atoms with E-state index in [-0.39, 0.29) is 0 Å². The third kappa shape index (κ3) is 2.06.